The Bertz CT molecular complexity index is 818. The van der Waals surface area contributed by atoms with Gasteiger partial charge in [0.2, 0.25) is 0 Å². The number of ether oxygens (including phenoxy) is 1. The lowest BCUT2D eigenvalue weighted by atomic mass is 9.47. The second-order valence-corrected chi connectivity index (χ2v) is 9.46. The molecule has 0 aromatic heterocycles. The number of nitro groups is 1. The number of carbonyl (C=O) groups excluding carboxylic acids is 1. The first kappa shape index (κ1) is 19.4. The number of hydrogen-bond donors (Lipinski definition) is 1. The zero-order chi connectivity index (χ0) is 20.1. The molecule has 1 N–H and O–H groups in total. The molecule has 4 aliphatic rings. The molecular weight excluding hydrogens is 428 g/mol. The summed E-state index contributed by atoms with van der Waals surface area (Å²) in [6.45, 7) is 0. The number of phenolic OH excluding ortho intramolecular Hbond substituents is 1. The van der Waals surface area contributed by atoms with Crippen LogP contribution < -0.4 is 0 Å². The maximum Gasteiger partial charge on any atom is 0.331 e. The number of nitro benzene ring substituents is 1. The van der Waals surface area contributed by atoms with Crippen molar-refractivity contribution in [3.05, 3.63) is 32.3 Å². The molecule has 1 aromatic rings. The summed E-state index contributed by atoms with van der Waals surface area (Å²) in [5.74, 6) is 1.43. The number of methoxy groups -OCH3 is 1. The Balaban J connectivity index is 1.69. The van der Waals surface area contributed by atoms with Crippen molar-refractivity contribution in [2.75, 3.05) is 7.11 Å². The quantitative estimate of drug-likeness (QED) is 0.312. The van der Waals surface area contributed by atoms with Crippen LogP contribution in [0.3, 0.4) is 0 Å². The van der Waals surface area contributed by atoms with Crippen LogP contribution >= 0.6 is 15.9 Å². The second-order valence-electron chi connectivity index (χ2n) is 8.61. The van der Waals surface area contributed by atoms with Gasteiger partial charge in [0.1, 0.15) is 5.75 Å². The van der Waals surface area contributed by atoms with Crippen molar-refractivity contribution in [1.29, 1.82) is 0 Å². The minimum atomic E-state index is -0.650. The zero-order valence-electron chi connectivity index (χ0n) is 15.6. The van der Waals surface area contributed by atoms with Crippen LogP contribution in [0, 0.1) is 33.3 Å². The maximum absolute atomic E-state index is 12.7. The van der Waals surface area contributed by atoms with Crippen LogP contribution in [0.2, 0.25) is 0 Å². The van der Waals surface area contributed by atoms with E-state index >= 15 is 0 Å². The van der Waals surface area contributed by atoms with Gasteiger partial charge in [0.15, 0.2) is 6.04 Å². The van der Waals surface area contributed by atoms with Crippen molar-refractivity contribution < 1.29 is 19.6 Å². The Morgan fingerprint density at radius 3 is 2.39 bits per heavy atom. The summed E-state index contributed by atoms with van der Waals surface area (Å²) in [5, 5.41) is 21.4. The Morgan fingerprint density at radius 1 is 1.32 bits per heavy atom. The van der Waals surface area contributed by atoms with Gasteiger partial charge >= 0.3 is 5.97 Å². The fraction of sp³-hybridized carbons (Fsp3) is 0.600. The SMILES string of the molecule is COC(=O)C(N=Cc1cc([N+](=O)[O-])cc(Br)c1O)C12CC3CC(CC(C3)C1)C2. The van der Waals surface area contributed by atoms with Crippen molar-refractivity contribution in [2.45, 2.75) is 44.6 Å². The third-order valence-corrected chi connectivity index (χ3v) is 7.35. The van der Waals surface area contributed by atoms with Gasteiger partial charge in [-0.2, -0.15) is 0 Å². The summed E-state index contributed by atoms with van der Waals surface area (Å²) in [4.78, 5) is 27.8. The topological polar surface area (TPSA) is 102 Å². The lowest BCUT2D eigenvalue weighted by Crippen LogP contribution is -2.53. The van der Waals surface area contributed by atoms with Gasteiger partial charge in [-0.1, -0.05) is 0 Å². The summed E-state index contributed by atoms with van der Waals surface area (Å²) < 4.78 is 5.29. The third kappa shape index (κ3) is 3.32. The van der Waals surface area contributed by atoms with Crippen molar-refractivity contribution in [2.24, 2.45) is 28.2 Å². The number of carbonyl (C=O) groups is 1. The Labute approximate surface area is 171 Å². The summed E-state index contributed by atoms with van der Waals surface area (Å²) in [7, 11) is 1.37. The van der Waals surface area contributed by atoms with E-state index in [4.69, 9.17) is 4.74 Å². The van der Waals surface area contributed by atoms with Crippen LogP contribution in [0.25, 0.3) is 0 Å². The molecule has 0 radical (unpaired) electrons. The monoisotopic (exact) mass is 450 g/mol. The molecule has 4 fully saturated rings. The Morgan fingerprint density at radius 2 is 1.89 bits per heavy atom. The van der Waals surface area contributed by atoms with E-state index in [0.717, 1.165) is 19.3 Å². The van der Waals surface area contributed by atoms with E-state index in [9.17, 15) is 20.0 Å². The summed E-state index contributed by atoms with van der Waals surface area (Å²) >= 11 is 3.14. The van der Waals surface area contributed by atoms with E-state index in [-0.39, 0.29) is 32.9 Å². The molecule has 5 rings (SSSR count). The maximum atomic E-state index is 12.7. The molecule has 0 aliphatic heterocycles. The number of aliphatic imine (C=N–C) groups is 1. The van der Waals surface area contributed by atoms with Crippen LogP contribution in [0.1, 0.15) is 44.1 Å². The smallest absolute Gasteiger partial charge is 0.331 e. The van der Waals surface area contributed by atoms with Gasteiger partial charge in [0, 0.05) is 29.3 Å². The first-order chi connectivity index (χ1) is 13.3. The first-order valence-corrected chi connectivity index (χ1v) is 10.4. The van der Waals surface area contributed by atoms with Gasteiger partial charge in [-0.3, -0.25) is 15.1 Å². The molecule has 150 valence electrons. The number of non-ortho nitro benzene ring substituents is 1. The second kappa shape index (κ2) is 7.13. The molecule has 4 aliphatic carbocycles. The normalized spacial score (nSPS) is 31.9. The molecule has 0 saturated heterocycles. The molecule has 4 saturated carbocycles. The van der Waals surface area contributed by atoms with Gasteiger partial charge in [-0.25, -0.2) is 4.79 Å². The third-order valence-electron chi connectivity index (χ3n) is 6.74. The van der Waals surface area contributed by atoms with Crippen molar-refractivity contribution in [3.8, 4) is 5.75 Å². The molecule has 0 spiro atoms. The molecule has 1 aromatic carbocycles. The van der Waals surface area contributed by atoms with Crippen molar-refractivity contribution in [3.63, 3.8) is 0 Å². The minimum absolute atomic E-state index is 0.136. The molecule has 4 bridgehead atoms. The minimum Gasteiger partial charge on any atom is -0.506 e. The number of nitrogens with zero attached hydrogens (tertiary/aromatic N) is 2. The molecule has 8 heteroatoms. The number of halogens is 1. The fourth-order valence-electron chi connectivity index (χ4n) is 6.06. The van der Waals surface area contributed by atoms with Gasteiger partial charge in [0.25, 0.3) is 5.69 Å². The Hall–Kier alpha value is -1.96. The summed E-state index contributed by atoms with van der Waals surface area (Å²) in [6.07, 6.45) is 8.04. The fourth-order valence-corrected chi connectivity index (χ4v) is 6.52. The van der Waals surface area contributed by atoms with E-state index in [0.29, 0.717) is 17.8 Å². The molecule has 1 unspecified atom stereocenters. The number of rotatable bonds is 5. The van der Waals surface area contributed by atoms with Crippen LogP contribution in [0.4, 0.5) is 5.69 Å². The average molecular weight is 451 g/mol. The molecule has 28 heavy (non-hydrogen) atoms. The standard InChI is InChI=1S/C20H23BrN2O5/c1-28-19(25)18(20-7-11-2-12(8-20)4-13(3-11)9-20)22-10-14-5-15(23(26)27)6-16(21)17(14)24/h5-6,10-13,18,24H,2-4,7-9H2,1H3. The van der Waals surface area contributed by atoms with Crippen LogP contribution in [0.15, 0.2) is 21.6 Å². The predicted molar refractivity (Wildman–Crippen MR) is 106 cm³/mol. The van der Waals surface area contributed by atoms with E-state index < -0.39 is 11.0 Å². The highest BCUT2D eigenvalue weighted by Crippen LogP contribution is 2.62. The number of benzene rings is 1. The largest absolute Gasteiger partial charge is 0.506 e. The van der Waals surface area contributed by atoms with Crippen LogP contribution in [-0.4, -0.2) is 35.4 Å². The van der Waals surface area contributed by atoms with E-state index in [1.54, 1.807) is 0 Å². The summed E-state index contributed by atoms with van der Waals surface area (Å²) in [6, 6.07) is 1.85. The zero-order valence-corrected chi connectivity index (χ0v) is 17.2. The lowest BCUT2D eigenvalue weighted by molar-refractivity contribution is -0.385. The highest BCUT2D eigenvalue weighted by molar-refractivity contribution is 9.10. The predicted octanol–water partition coefficient (Wildman–Crippen LogP) is 4.24. The number of hydrogen-bond acceptors (Lipinski definition) is 6. The molecule has 0 amide bonds. The molecule has 0 heterocycles. The van der Waals surface area contributed by atoms with Gasteiger partial charge in [-0.05, 0) is 72.2 Å². The number of esters is 1. The van der Waals surface area contributed by atoms with Crippen LogP contribution in [-0.2, 0) is 9.53 Å². The van der Waals surface area contributed by atoms with Crippen LogP contribution in [0.5, 0.6) is 5.75 Å². The van der Waals surface area contributed by atoms with Gasteiger partial charge in [-0.15, -0.1) is 0 Å². The highest BCUT2D eigenvalue weighted by atomic mass is 79.9. The van der Waals surface area contributed by atoms with Gasteiger partial charge < -0.3 is 9.84 Å². The molecular formula is C20H23BrN2O5. The highest BCUT2D eigenvalue weighted by Gasteiger charge is 2.56. The van der Waals surface area contributed by atoms with Gasteiger partial charge in [0.05, 0.1) is 16.5 Å². The Kier molecular flexibility index (Phi) is 4.93. The average Bonchev–Trinajstić information content (AvgIpc) is 2.63. The van der Waals surface area contributed by atoms with E-state index in [1.807, 2.05) is 0 Å². The molecule has 7 nitrogen and oxygen atoms in total. The number of phenols is 1. The van der Waals surface area contributed by atoms with E-state index in [2.05, 4.69) is 20.9 Å². The summed E-state index contributed by atoms with van der Waals surface area (Å²) in [5.41, 5.74) is -0.151. The van der Waals surface area contributed by atoms with Crippen molar-refractivity contribution >= 4 is 33.8 Å². The first-order valence-electron chi connectivity index (χ1n) is 9.59. The number of aromatic hydroxyl groups is 1. The van der Waals surface area contributed by atoms with E-state index in [1.165, 1.54) is 44.7 Å². The van der Waals surface area contributed by atoms with Crippen molar-refractivity contribution in [1.82, 2.24) is 0 Å². The lowest BCUT2D eigenvalue weighted by Gasteiger charge is -2.58. The molecule has 1 atom stereocenters.